The van der Waals surface area contributed by atoms with E-state index >= 15 is 0 Å². The summed E-state index contributed by atoms with van der Waals surface area (Å²) in [6.45, 7) is 1.40. The number of aliphatic hydroxyl groups is 1. The van der Waals surface area contributed by atoms with Gasteiger partial charge in [0.15, 0.2) is 0 Å². The second kappa shape index (κ2) is 8.33. The Kier molecular flexibility index (Phi) is 5.17. The second-order valence-corrected chi connectivity index (χ2v) is 9.02. The van der Waals surface area contributed by atoms with Crippen molar-refractivity contribution in [1.29, 1.82) is 0 Å². The molecule has 1 aliphatic carbocycles. The third-order valence-corrected chi connectivity index (χ3v) is 7.04. The lowest BCUT2D eigenvalue weighted by molar-refractivity contribution is -0.0656. The highest BCUT2D eigenvalue weighted by atomic mass is 16.6. The first-order valence-corrected chi connectivity index (χ1v) is 11.4. The van der Waals surface area contributed by atoms with Crippen LogP contribution in [0.5, 0.6) is 5.88 Å². The van der Waals surface area contributed by atoms with Crippen LogP contribution in [0.15, 0.2) is 47.2 Å². The molecule has 170 valence electrons. The van der Waals surface area contributed by atoms with Gasteiger partial charge in [-0.2, -0.15) is 0 Å². The van der Waals surface area contributed by atoms with Crippen molar-refractivity contribution in [2.45, 2.75) is 50.0 Å². The molecule has 3 aliphatic rings. The van der Waals surface area contributed by atoms with E-state index in [1.165, 1.54) is 12.0 Å². The predicted molar refractivity (Wildman–Crippen MR) is 122 cm³/mol. The zero-order chi connectivity index (χ0) is 22.4. The van der Waals surface area contributed by atoms with Gasteiger partial charge in [0.1, 0.15) is 11.0 Å². The first-order valence-electron chi connectivity index (χ1n) is 11.4. The Bertz CT molecular complexity index is 1280. The molecule has 2 aromatic heterocycles. The van der Waals surface area contributed by atoms with Gasteiger partial charge in [0, 0.05) is 36.8 Å². The molecule has 2 bridgehead atoms. The van der Waals surface area contributed by atoms with Crippen LogP contribution >= 0.6 is 0 Å². The highest BCUT2D eigenvalue weighted by Crippen LogP contribution is 2.40. The lowest BCUT2D eigenvalue weighted by Gasteiger charge is -2.56. The van der Waals surface area contributed by atoms with Crippen molar-refractivity contribution in [3.05, 3.63) is 53.7 Å². The van der Waals surface area contributed by atoms with Gasteiger partial charge in [-0.25, -0.2) is 14.6 Å². The topological polar surface area (TPSA) is 109 Å². The Morgan fingerprint density at radius 2 is 1.97 bits per heavy atom. The number of para-hydroxylation sites is 1. The van der Waals surface area contributed by atoms with Crippen LogP contribution in [-0.2, 0) is 6.54 Å². The SMILES string of the molecule is COc1cnc2cccc(C(O)CN3C4CC(NCc5ccc6nonc6c5)CC3C4)c2n1. The first-order chi connectivity index (χ1) is 16.2. The number of hydrogen-bond donors (Lipinski definition) is 2. The summed E-state index contributed by atoms with van der Waals surface area (Å²) in [5, 5.41) is 22.6. The van der Waals surface area contributed by atoms with Crippen LogP contribution in [0.3, 0.4) is 0 Å². The lowest BCUT2D eigenvalue weighted by atomic mass is 9.76. The van der Waals surface area contributed by atoms with Crippen LogP contribution in [0, 0.1) is 0 Å². The van der Waals surface area contributed by atoms with E-state index in [4.69, 9.17) is 9.37 Å². The number of benzene rings is 2. The molecule has 2 N–H and O–H groups in total. The zero-order valence-electron chi connectivity index (χ0n) is 18.4. The number of piperidine rings is 1. The van der Waals surface area contributed by atoms with E-state index in [-0.39, 0.29) is 0 Å². The quantitative estimate of drug-likeness (QED) is 0.443. The van der Waals surface area contributed by atoms with Gasteiger partial charge in [0.2, 0.25) is 5.88 Å². The van der Waals surface area contributed by atoms with E-state index in [0.717, 1.165) is 41.5 Å². The van der Waals surface area contributed by atoms with Crippen molar-refractivity contribution in [1.82, 2.24) is 30.5 Å². The summed E-state index contributed by atoms with van der Waals surface area (Å²) in [4.78, 5) is 11.4. The van der Waals surface area contributed by atoms with Gasteiger partial charge >= 0.3 is 0 Å². The second-order valence-electron chi connectivity index (χ2n) is 9.02. The fourth-order valence-electron chi connectivity index (χ4n) is 5.33. The van der Waals surface area contributed by atoms with Crippen LogP contribution in [0.25, 0.3) is 22.1 Å². The third-order valence-electron chi connectivity index (χ3n) is 7.04. The molecule has 9 heteroatoms. The Hall–Kier alpha value is -3.14. The van der Waals surface area contributed by atoms with Crippen LogP contribution < -0.4 is 10.1 Å². The first kappa shape index (κ1) is 20.5. The third kappa shape index (κ3) is 3.82. The van der Waals surface area contributed by atoms with E-state index < -0.39 is 6.10 Å². The summed E-state index contributed by atoms with van der Waals surface area (Å²) < 4.78 is 10.0. The summed E-state index contributed by atoms with van der Waals surface area (Å²) >= 11 is 0. The number of rotatable bonds is 7. The molecule has 3 fully saturated rings. The number of hydrogen-bond acceptors (Lipinski definition) is 9. The Labute approximate surface area is 190 Å². The standard InChI is InChI=1S/C24H26N6O3/c1-32-23-12-26-20-4-2-3-18(24(20)27-23)22(31)13-30-16-8-15(9-17(30)10-16)25-11-14-5-6-19-21(7-14)29-33-28-19/h2-7,12,15-17,22,25,31H,8-11,13H2,1H3. The van der Waals surface area contributed by atoms with Gasteiger partial charge < -0.3 is 15.2 Å². The van der Waals surface area contributed by atoms with Crippen LogP contribution in [-0.4, -0.2) is 62.1 Å². The zero-order valence-corrected chi connectivity index (χ0v) is 18.4. The largest absolute Gasteiger partial charge is 0.480 e. The lowest BCUT2D eigenvalue weighted by Crippen LogP contribution is -2.64. The minimum Gasteiger partial charge on any atom is -0.480 e. The molecule has 0 radical (unpaired) electrons. The number of aliphatic hydroxyl groups excluding tert-OH is 1. The molecule has 33 heavy (non-hydrogen) atoms. The van der Waals surface area contributed by atoms with Crippen molar-refractivity contribution in [2.75, 3.05) is 13.7 Å². The molecule has 4 aromatic rings. The molecule has 0 spiro atoms. The van der Waals surface area contributed by atoms with E-state index in [1.54, 1.807) is 13.3 Å². The summed E-state index contributed by atoms with van der Waals surface area (Å²) in [6.07, 6.45) is 4.35. The fourth-order valence-corrected chi connectivity index (χ4v) is 5.33. The predicted octanol–water partition coefficient (Wildman–Crippen LogP) is 2.60. The number of nitrogens with zero attached hydrogens (tertiary/aromatic N) is 5. The van der Waals surface area contributed by atoms with Crippen molar-refractivity contribution < 1.29 is 14.5 Å². The molecule has 3 atom stereocenters. The average Bonchev–Trinajstić information content (AvgIpc) is 3.33. The summed E-state index contributed by atoms with van der Waals surface area (Å²) in [5.41, 5.74) is 5.02. The molecular weight excluding hydrogens is 420 g/mol. The van der Waals surface area contributed by atoms with Gasteiger partial charge in [-0.15, -0.1) is 0 Å². The number of ether oxygens (including phenoxy) is 1. The number of nitrogens with one attached hydrogen (secondary N) is 1. The van der Waals surface area contributed by atoms with Gasteiger partial charge in [-0.05, 0) is 53.3 Å². The average molecular weight is 447 g/mol. The Morgan fingerprint density at radius 3 is 2.82 bits per heavy atom. The van der Waals surface area contributed by atoms with Crippen molar-refractivity contribution in [2.24, 2.45) is 0 Å². The van der Waals surface area contributed by atoms with Crippen molar-refractivity contribution in [3.8, 4) is 5.88 Å². The summed E-state index contributed by atoms with van der Waals surface area (Å²) in [5.74, 6) is 0.454. The highest BCUT2D eigenvalue weighted by Gasteiger charge is 2.45. The fraction of sp³-hybridized carbons (Fsp3) is 0.417. The van der Waals surface area contributed by atoms with Crippen LogP contribution in [0.1, 0.15) is 36.5 Å². The number of fused-ring (bicyclic) bond motifs is 4. The molecule has 2 aliphatic heterocycles. The molecule has 4 heterocycles. The smallest absolute Gasteiger partial charge is 0.232 e. The Balaban J connectivity index is 1.08. The van der Waals surface area contributed by atoms with Gasteiger partial charge in [-0.1, -0.05) is 18.2 Å². The number of aromatic nitrogens is 4. The molecule has 3 unspecified atom stereocenters. The monoisotopic (exact) mass is 446 g/mol. The molecule has 2 aromatic carbocycles. The normalized spacial score (nSPS) is 23.5. The van der Waals surface area contributed by atoms with E-state index in [0.29, 0.717) is 36.1 Å². The van der Waals surface area contributed by atoms with Gasteiger partial charge in [0.25, 0.3) is 0 Å². The van der Waals surface area contributed by atoms with Crippen LogP contribution in [0.4, 0.5) is 0 Å². The maximum Gasteiger partial charge on any atom is 0.232 e. The minimum atomic E-state index is -0.618. The van der Waals surface area contributed by atoms with E-state index in [9.17, 15) is 5.11 Å². The minimum absolute atomic E-state index is 0.454. The van der Waals surface area contributed by atoms with Crippen LogP contribution in [0.2, 0.25) is 0 Å². The molecule has 9 nitrogen and oxygen atoms in total. The molecule has 0 amide bonds. The van der Waals surface area contributed by atoms with Crippen molar-refractivity contribution in [3.63, 3.8) is 0 Å². The van der Waals surface area contributed by atoms with Crippen molar-refractivity contribution >= 4 is 22.1 Å². The van der Waals surface area contributed by atoms with Gasteiger partial charge in [-0.3, -0.25) is 4.90 Å². The van der Waals surface area contributed by atoms with E-state index in [2.05, 4.69) is 36.6 Å². The summed E-state index contributed by atoms with van der Waals surface area (Å²) in [6, 6.07) is 13.2. The molecule has 7 rings (SSSR count). The molecule has 2 saturated heterocycles. The maximum absolute atomic E-state index is 11.1. The highest BCUT2D eigenvalue weighted by molar-refractivity contribution is 5.78. The summed E-state index contributed by atoms with van der Waals surface area (Å²) in [7, 11) is 1.57. The Morgan fingerprint density at radius 1 is 1.12 bits per heavy atom. The maximum atomic E-state index is 11.1. The number of methoxy groups -OCH3 is 1. The molecule has 1 saturated carbocycles. The van der Waals surface area contributed by atoms with E-state index in [1.807, 2.05) is 30.3 Å². The van der Waals surface area contributed by atoms with Gasteiger partial charge in [0.05, 0.1) is 30.4 Å². The molecular formula is C24H26N6O3.